The predicted molar refractivity (Wildman–Crippen MR) is 85.2 cm³/mol. The van der Waals surface area contributed by atoms with Crippen LogP contribution in [0.25, 0.3) is 0 Å². The Morgan fingerprint density at radius 2 is 1.71 bits per heavy atom. The van der Waals surface area contributed by atoms with E-state index in [0.29, 0.717) is 12.1 Å². The molecule has 3 heterocycles. The highest BCUT2D eigenvalue weighted by Crippen LogP contribution is 2.34. The summed E-state index contributed by atoms with van der Waals surface area (Å²) in [6.45, 7) is 3.41. The van der Waals surface area contributed by atoms with Gasteiger partial charge in [0.25, 0.3) is 0 Å². The van der Waals surface area contributed by atoms with Gasteiger partial charge in [0, 0.05) is 37.9 Å². The van der Waals surface area contributed by atoms with Crippen molar-refractivity contribution in [2.45, 2.75) is 31.5 Å². The lowest BCUT2D eigenvalue weighted by molar-refractivity contribution is 0.212. The van der Waals surface area contributed by atoms with Crippen molar-refractivity contribution >= 4 is 5.69 Å². The summed E-state index contributed by atoms with van der Waals surface area (Å²) >= 11 is 0. The molecule has 0 saturated carbocycles. The highest BCUT2D eigenvalue weighted by atomic mass is 15.3. The Morgan fingerprint density at radius 1 is 0.952 bits per heavy atom. The van der Waals surface area contributed by atoms with Gasteiger partial charge in [0.1, 0.15) is 0 Å². The van der Waals surface area contributed by atoms with E-state index >= 15 is 0 Å². The number of hydrogen-bond donors (Lipinski definition) is 0. The number of anilines is 1. The average Bonchev–Trinajstić information content (AvgIpc) is 2.80. The zero-order valence-electron chi connectivity index (χ0n) is 12.2. The van der Waals surface area contributed by atoms with Crippen molar-refractivity contribution in [2.75, 3.05) is 18.0 Å². The Hall–Kier alpha value is -1.87. The lowest BCUT2D eigenvalue weighted by atomic mass is 10.1. The number of benzene rings is 1. The van der Waals surface area contributed by atoms with Crippen LogP contribution in [0.1, 0.15) is 18.4 Å². The van der Waals surface area contributed by atoms with Crippen LogP contribution in [0.2, 0.25) is 0 Å². The molecule has 2 saturated heterocycles. The van der Waals surface area contributed by atoms with E-state index < -0.39 is 0 Å². The van der Waals surface area contributed by atoms with Gasteiger partial charge in [-0.3, -0.25) is 9.88 Å². The Labute approximate surface area is 126 Å². The molecular formula is C18H21N3. The van der Waals surface area contributed by atoms with Crippen LogP contribution < -0.4 is 4.90 Å². The topological polar surface area (TPSA) is 19.4 Å². The van der Waals surface area contributed by atoms with Crippen LogP contribution in [0.4, 0.5) is 5.69 Å². The van der Waals surface area contributed by atoms with Gasteiger partial charge in [-0.1, -0.05) is 30.3 Å². The van der Waals surface area contributed by atoms with E-state index in [2.05, 4.69) is 51.2 Å². The van der Waals surface area contributed by atoms with Gasteiger partial charge < -0.3 is 4.90 Å². The summed E-state index contributed by atoms with van der Waals surface area (Å²) in [7, 11) is 0. The highest BCUT2D eigenvalue weighted by Gasteiger charge is 2.39. The molecule has 2 aromatic rings. The first kappa shape index (κ1) is 12.8. The van der Waals surface area contributed by atoms with Gasteiger partial charge in [0.2, 0.25) is 0 Å². The average molecular weight is 279 g/mol. The summed E-state index contributed by atoms with van der Waals surface area (Å²) in [5.74, 6) is 0. The van der Waals surface area contributed by atoms with E-state index in [1.165, 1.54) is 37.2 Å². The molecule has 1 aromatic heterocycles. The number of aromatic nitrogens is 1. The van der Waals surface area contributed by atoms with E-state index in [-0.39, 0.29) is 0 Å². The van der Waals surface area contributed by atoms with E-state index in [1.54, 1.807) is 0 Å². The standard InChI is InChI=1S/C18H21N3/c1-2-5-15(6-3-1)12-20-13-17-8-9-18(14-20)21(17)16-7-4-10-19-11-16/h1-7,10-11,17-18H,8-9,12-14H2. The van der Waals surface area contributed by atoms with Gasteiger partial charge in [-0.15, -0.1) is 0 Å². The minimum atomic E-state index is 0.650. The van der Waals surface area contributed by atoms with E-state index in [9.17, 15) is 0 Å². The third-order valence-electron chi connectivity index (χ3n) is 4.75. The summed E-state index contributed by atoms with van der Waals surface area (Å²) in [4.78, 5) is 9.51. The lowest BCUT2D eigenvalue weighted by Crippen LogP contribution is -2.53. The monoisotopic (exact) mass is 279 g/mol. The minimum absolute atomic E-state index is 0.650. The molecule has 2 aliphatic rings. The molecule has 21 heavy (non-hydrogen) atoms. The van der Waals surface area contributed by atoms with Crippen molar-refractivity contribution in [3.8, 4) is 0 Å². The number of likely N-dealkylation sites (tertiary alicyclic amines) is 1. The Morgan fingerprint density at radius 3 is 2.38 bits per heavy atom. The van der Waals surface area contributed by atoms with Gasteiger partial charge in [-0.2, -0.15) is 0 Å². The minimum Gasteiger partial charge on any atom is -0.362 e. The summed E-state index contributed by atoms with van der Waals surface area (Å²) in [5, 5.41) is 0. The van der Waals surface area contributed by atoms with Crippen LogP contribution in [0, 0.1) is 0 Å². The smallest absolute Gasteiger partial charge is 0.0558 e. The molecule has 1 aromatic carbocycles. The number of pyridine rings is 1. The first-order chi connectivity index (χ1) is 10.4. The SMILES string of the molecule is c1ccc(CN2CC3CCC(C2)N3c2cccnc2)cc1. The third-order valence-corrected chi connectivity index (χ3v) is 4.75. The number of nitrogens with zero attached hydrogens (tertiary/aromatic N) is 3. The summed E-state index contributed by atoms with van der Waals surface area (Å²) < 4.78 is 0. The first-order valence-corrected chi connectivity index (χ1v) is 7.85. The first-order valence-electron chi connectivity index (χ1n) is 7.85. The van der Waals surface area contributed by atoms with Gasteiger partial charge >= 0.3 is 0 Å². The molecule has 0 amide bonds. The fraction of sp³-hybridized carbons (Fsp3) is 0.389. The van der Waals surface area contributed by atoms with Crippen molar-refractivity contribution in [3.63, 3.8) is 0 Å². The molecule has 108 valence electrons. The summed E-state index contributed by atoms with van der Waals surface area (Å²) in [5.41, 5.74) is 2.72. The van der Waals surface area contributed by atoms with Crippen molar-refractivity contribution in [3.05, 3.63) is 60.4 Å². The van der Waals surface area contributed by atoms with Crippen LogP contribution in [0.5, 0.6) is 0 Å². The molecule has 3 heteroatoms. The zero-order valence-corrected chi connectivity index (χ0v) is 12.2. The van der Waals surface area contributed by atoms with Gasteiger partial charge in [0.15, 0.2) is 0 Å². The molecule has 2 fully saturated rings. The number of hydrogen-bond acceptors (Lipinski definition) is 3. The lowest BCUT2D eigenvalue weighted by Gasteiger charge is -2.42. The molecule has 0 spiro atoms. The van der Waals surface area contributed by atoms with Crippen molar-refractivity contribution in [1.82, 2.24) is 9.88 Å². The molecule has 0 N–H and O–H groups in total. The predicted octanol–water partition coefficient (Wildman–Crippen LogP) is 2.93. The highest BCUT2D eigenvalue weighted by molar-refractivity contribution is 5.48. The molecule has 2 aliphatic heterocycles. The quantitative estimate of drug-likeness (QED) is 0.861. The van der Waals surface area contributed by atoms with Crippen LogP contribution in [0.15, 0.2) is 54.9 Å². The van der Waals surface area contributed by atoms with Gasteiger partial charge in [0.05, 0.1) is 11.9 Å². The number of piperazine rings is 1. The molecule has 0 aliphatic carbocycles. The van der Waals surface area contributed by atoms with Crippen molar-refractivity contribution in [1.29, 1.82) is 0 Å². The fourth-order valence-corrected chi connectivity index (χ4v) is 3.89. The van der Waals surface area contributed by atoms with Crippen LogP contribution in [0.3, 0.4) is 0 Å². The van der Waals surface area contributed by atoms with Gasteiger partial charge in [-0.05, 0) is 30.5 Å². The second-order valence-electron chi connectivity index (χ2n) is 6.18. The number of fused-ring (bicyclic) bond motifs is 2. The second-order valence-corrected chi connectivity index (χ2v) is 6.18. The Balaban J connectivity index is 1.49. The van der Waals surface area contributed by atoms with Crippen molar-refractivity contribution < 1.29 is 0 Å². The Kier molecular flexibility index (Phi) is 3.36. The fourth-order valence-electron chi connectivity index (χ4n) is 3.89. The van der Waals surface area contributed by atoms with Crippen LogP contribution >= 0.6 is 0 Å². The maximum absolute atomic E-state index is 4.29. The van der Waals surface area contributed by atoms with Gasteiger partial charge in [-0.25, -0.2) is 0 Å². The van der Waals surface area contributed by atoms with E-state index in [4.69, 9.17) is 0 Å². The zero-order chi connectivity index (χ0) is 14.1. The van der Waals surface area contributed by atoms with Crippen LogP contribution in [-0.2, 0) is 6.54 Å². The number of rotatable bonds is 3. The Bertz CT molecular complexity index is 570. The maximum atomic E-state index is 4.29. The molecule has 2 atom stereocenters. The van der Waals surface area contributed by atoms with Crippen LogP contribution in [-0.4, -0.2) is 35.1 Å². The molecule has 4 rings (SSSR count). The summed E-state index contributed by atoms with van der Waals surface area (Å²) in [6.07, 6.45) is 6.49. The van der Waals surface area contributed by atoms with Crippen molar-refractivity contribution in [2.24, 2.45) is 0 Å². The molecule has 0 radical (unpaired) electrons. The van der Waals surface area contributed by atoms with E-state index in [1.807, 2.05) is 18.5 Å². The maximum Gasteiger partial charge on any atom is 0.0558 e. The normalized spacial score (nSPS) is 25.2. The molecule has 2 bridgehead atoms. The third kappa shape index (κ3) is 2.54. The molecule has 3 nitrogen and oxygen atoms in total. The molecular weight excluding hydrogens is 258 g/mol. The molecule has 2 unspecified atom stereocenters. The second kappa shape index (κ2) is 5.49. The summed E-state index contributed by atoms with van der Waals surface area (Å²) in [6, 6.07) is 16.4. The largest absolute Gasteiger partial charge is 0.362 e. The van der Waals surface area contributed by atoms with E-state index in [0.717, 1.165) is 6.54 Å².